The maximum absolute atomic E-state index is 11.8. The highest BCUT2D eigenvalue weighted by atomic mass is 32.2. The van der Waals surface area contributed by atoms with Crippen LogP contribution in [0.1, 0.15) is 24.8 Å². The van der Waals surface area contributed by atoms with Gasteiger partial charge in [0.05, 0.1) is 13.2 Å². The van der Waals surface area contributed by atoms with Crippen molar-refractivity contribution in [2.24, 2.45) is 0 Å². The topological polar surface area (TPSA) is 111 Å². The summed E-state index contributed by atoms with van der Waals surface area (Å²) in [6.07, 6.45) is 4.90. The van der Waals surface area contributed by atoms with Crippen LogP contribution in [-0.2, 0) is 21.2 Å². The molecule has 9 heteroatoms. The molecule has 2 rings (SSSR count). The quantitative estimate of drug-likeness (QED) is 0.707. The molecular formula is C16H19N3O5S. The molecule has 1 amide bonds. The van der Waals surface area contributed by atoms with Gasteiger partial charge in [-0.3, -0.25) is 4.79 Å². The molecule has 0 saturated heterocycles. The van der Waals surface area contributed by atoms with Gasteiger partial charge in [0.25, 0.3) is 0 Å². The van der Waals surface area contributed by atoms with Gasteiger partial charge in [-0.05, 0) is 30.2 Å². The molecule has 2 aromatic rings. The van der Waals surface area contributed by atoms with E-state index in [1.165, 1.54) is 6.08 Å². The highest BCUT2D eigenvalue weighted by Gasteiger charge is 2.16. The van der Waals surface area contributed by atoms with Gasteiger partial charge < -0.3 is 14.5 Å². The third-order valence-corrected chi connectivity index (χ3v) is 3.76. The molecule has 1 N–H and O–H groups in total. The van der Waals surface area contributed by atoms with Crippen molar-refractivity contribution in [3.8, 4) is 5.75 Å². The van der Waals surface area contributed by atoms with E-state index < -0.39 is 15.1 Å². The van der Waals surface area contributed by atoms with Crippen LogP contribution in [0.25, 0.3) is 6.08 Å². The number of nitrogens with one attached hydrogen (secondary N) is 1. The number of aromatic nitrogens is 2. The maximum atomic E-state index is 11.8. The Balaban J connectivity index is 1.85. The van der Waals surface area contributed by atoms with Crippen molar-refractivity contribution in [2.75, 3.05) is 12.9 Å². The summed E-state index contributed by atoms with van der Waals surface area (Å²) < 4.78 is 32.9. The lowest BCUT2D eigenvalue weighted by atomic mass is 10.2. The molecule has 1 aromatic carbocycles. The molecule has 0 spiro atoms. The van der Waals surface area contributed by atoms with Crippen LogP contribution in [0.4, 0.5) is 0 Å². The van der Waals surface area contributed by atoms with Crippen LogP contribution >= 0.6 is 0 Å². The summed E-state index contributed by atoms with van der Waals surface area (Å²) in [7, 11) is -3.55. The van der Waals surface area contributed by atoms with Gasteiger partial charge in [0, 0.05) is 12.3 Å². The molecule has 0 unspecified atom stereocenters. The van der Waals surface area contributed by atoms with Crippen LogP contribution in [0.3, 0.4) is 0 Å². The SMILES string of the molecule is CCCOc1ccc(/C=C/C(=O)NCc2nnc(S(C)(=O)=O)o2)cc1. The minimum atomic E-state index is -3.55. The molecule has 0 radical (unpaired) electrons. The Bertz CT molecular complexity index is 841. The van der Waals surface area contributed by atoms with Crippen LogP contribution in [0, 0.1) is 0 Å². The van der Waals surface area contributed by atoms with Crippen LogP contribution < -0.4 is 10.1 Å². The molecule has 0 aliphatic carbocycles. The Morgan fingerprint density at radius 2 is 2.00 bits per heavy atom. The number of hydrogen-bond donors (Lipinski definition) is 1. The lowest BCUT2D eigenvalue weighted by Gasteiger charge is -2.04. The highest BCUT2D eigenvalue weighted by Crippen LogP contribution is 2.13. The average molecular weight is 365 g/mol. The summed E-state index contributed by atoms with van der Waals surface area (Å²) in [5.74, 6) is 0.423. The smallest absolute Gasteiger partial charge is 0.335 e. The van der Waals surface area contributed by atoms with Gasteiger partial charge in [-0.1, -0.05) is 24.2 Å². The molecule has 1 heterocycles. The number of nitrogens with zero attached hydrogens (tertiary/aromatic N) is 2. The lowest BCUT2D eigenvalue weighted by molar-refractivity contribution is -0.116. The molecule has 134 valence electrons. The predicted molar refractivity (Wildman–Crippen MR) is 90.5 cm³/mol. The van der Waals surface area contributed by atoms with E-state index in [4.69, 9.17) is 9.15 Å². The van der Waals surface area contributed by atoms with Crippen molar-refractivity contribution < 1.29 is 22.4 Å². The first-order valence-electron chi connectivity index (χ1n) is 7.59. The van der Waals surface area contributed by atoms with E-state index >= 15 is 0 Å². The Kier molecular flexibility index (Phi) is 6.29. The van der Waals surface area contributed by atoms with Crippen LogP contribution in [0.2, 0.25) is 0 Å². The van der Waals surface area contributed by atoms with E-state index in [1.807, 2.05) is 31.2 Å². The van der Waals surface area contributed by atoms with E-state index in [9.17, 15) is 13.2 Å². The van der Waals surface area contributed by atoms with E-state index in [-0.39, 0.29) is 18.3 Å². The number of carbonyl (C=O) groups excluding carboxylic acids is 1. The molecule has 0 atom stereocenters. The van der Waals surface area contributed by atoms with Gasteiger partial charge in [0.1, 0.15) is 5.75 Å². The van der Waals surface area contributed by atoms with E-state index in [2.05, 4.69) is 15.5 Å². The van der Waals surface area contributed by atoms with Crippen LogP contribution in [0.15, 0.2) is 40.0 Å². The molecule has 25 heavy (non-hydrogen) atoms. The Morgan fingerprint density at radius 1 is 1.28 bits per heavy atom. The first-order valence-corrected chi connectivity index (χ1v) is 9.49. The normalized spacial score (nSPS) is 11.6. The molecule has 8 nitrogen and oxygen atoms in total. The van der Waals surface area contributed by atoms with Gasteiger partial charge in [-0.25, -0.2) is 8.42 Å². The minimum absolute atomic E-state index is 0.0135. The van der Waals surface area contributed by atoms with E-state index in [0.717, 1.165) is 24.0 Å². The zero-order valence-corrected chi connectivity index (χ0v) is 14.7. The number of ether oxygens (including phenoxy) is 1. The number of amides is 1. The third-order valence-electron chi connectivity index (χ3n) is 2.96. The van der Waals surface area contributed by atoms with Crippen LogP contribution in [-0.4, -0.2) is 37.4 Å². The number of benzene rings is 1. The second-order valence-corrected chi connectivity index (χ2v) is 7.10. The summed E-state index contributed by atoms with van der Waals surface area (Å²) in [5.41, 5.74) is 0.844. The monoisotopic (exact) mass is 365 g/mol. The Labute approximate surface area is 145 Å². The first-order chi connectivity index (χ1) is 11.9. The minimum Gasteiger partial charge on any atom is -0.494 e. The van der Waals surface area contributed by atoms with Gasteiger partial charge in [0.2, 0.25) is 21.6 Å². The molecule has 0 bridgehead atoms. The zero-order chi connectivity index (χ0) is 18.3. The second-order valence-electron chi connectivity index (χ2n) is 5.20. The number of carbonyl (C=O) groups is 1. The van der Waals surface area contributed by atoms with E-state index in [0.29, 0.717) is 6.61 Å². The van der Waals surface area contributed by atoms with Crippen molar-refractivity contribution >= 4 is 21.8 Å². The van der Waals surface area contributed by atoms with Crippen molar-refractivity contribution in [1.82, 2.24) is 15.5 Å². The average Bonchev–Trinajstić information content (AvgIpc) is 3.06. The van der Waals surface area contributed by atoms with Crippen molar-refractivity contribution in [1.29, 1.82) is 0 Å². The molecule has 1 aromatic heterocycles. The summed E-state index contributed by atoms with van der Waals surface area (Å²) in [6, 6.07) is 7.34. The standard InChI is InChI=1S/C16H19N3O5S/c1-3-10-23-13-7-4-12(5-8-13)6-9-14(20)17-11-15-18-19-16(24-15)25(2,21)22/h4-9H,3,10-11H2,1-2H3,(H,17,20)/b9-6+. The highest BCUT2D eigenvalue weighted by molar-refractivity contribution is 7.90. The summed E-state index contributed by atoms with van der Waals surface area (Å²) in [5, 5.41) is 9.02. The fourth-order valence-electron chi connectivity index (χ4n) is 1.75. The van der Waals surface area contributed by atoms with Crippen molar-refractivity contribution in [3.63, 3.8) is 0 Å². The van der Waals surface area contributed by atoms with Gasteiger partial charge >= 0.3 is 5.22 Å². The predicted octanol–water partition coefficient (Wildman–Crippen LogP) is 1.59. The van der Waals surface area contributed by atoms with Gasteiger partial charge in [0.15, 0.2) is 0 Å². The summed E-state index contributed by atoms with van der Waals surface area (Å²) in [4.78, 5) is 11.8. The Hall–Kier alpha value is -2.68. The largest absolute Gasteiger partial charge is 0.494 e. The molecule has 0 saturated carbocycles. The van der Waals surface area contributed by atoms with Gasteiger partial charge in [-0.2, -0.15) is 0 Å². The summed E-state index contributed by atoms with van der Waals surface area (Å²) >= 11 is 0. The number of rotatable bonds is 8. The Morgan fingerprint density at radius 3 is 2.60 bits per heavy atom. The van der Waals surface area contributed by atoms with Gasteiger partial charge in [-0.15, -0.1) is 5.10 Å². The first kappa shape index (κ1) is 18.7. The molecule has 0 aliphatic rings. The number of sulfone groups is 1. The zero-order valence-electron chi connectivity index (χ0n) is 13.9. The maximum Gasteiger partial charge on any atom is 0.335 e. The molecular weight excluding hydrogens is 346 g/mol. The molecule has 0 aliphatic heterocycles. The molecule has 0 fully saturated rings. The fraction of sp³-hybridized carbons (Fsp3) is 0.312. The van der Waals surface area contributed by atoms with Crippen molar-refractivity contribution in [3.05, 3.63) is 41.8 Å². The second kappa shape index (κ2) is 8.43. The third kappa shape index (κ3) is 6.03. The fourth-order valence-corrected chi connectivity index (χ4v) is 2.18. The lowest BCUT2D eigenvalue weighted by Crippen LogP contribution is -2.20. The van der Waals surface area contributed by atoms with Crippen LogP contribution in [0.5, 0.6) is 5.75 Å². The van der Waals surface area contributed by atoms with Crippen molar-refractivity contribution in [2.45, 2.75) is 25.1 Å². The summed E-state index contributed by atoms with van der Waals surface area (Å²) in [6.45, 7) is 2.63. The van der Waals surface area contributed by atoms with E-state index in [1.54, 1.807) is 6.08 Å². The number of hydrogen-bond acceptors (Lipinski definition) is 7.